The molecule has 0 aromatic heterocycles. The van der Waals surface area contributed by atoms with Crippen LogP contribution in [0.5, 0.6) is 0 Å². The van der Waals surface area contributed by atoms with Gasteiger partial charge in [-0.1, -0.05) is 43.2 Å². The number of halogens is 1. The van der Waals surface area contributed by atoms with E-state index < -0.39 is 29.7 Å². The van der Waals surface area contributed by atoms with Gasteiger partial charge >= 0.3 is 0 Å². The molecule has 45 heavy (non-hydrogen) atoms. The monoisotopic (exact) mass is 630 g/mol. The summed E-state index contributed by atoms with van der Waals surface area (Å²) in [4.78, 5) is 69.3. The minimum Gasteiger partial charge on any atom is -0.336 e. The van der Waals surface area contributed by atoms with E-state index in [-0.39, 0.29) is 40.8 Å². The van der Waals surface area contributed by atoms with E-state index in [0.717, 1.165) is 35.7 Å². The summed E-state index contributed by atoms with van der Waals surface area (Å²) in [5.74, 6) is -2.50. The van der Waals surface area contributed by atoms with Crippen LogP contribution in [0.3, 0.4) is 0 Å². The number of nitrogens with one attached hydrogen (secondary N) is 1. The van der Waals surface area contributed by atoms with Crippen molar-refractivity contribution in [3.63, 3.8) is 0 Å². The van der Waals surface area contributed by atoms with Crippen LogP contribution in [-0.2, 0) is 9.59 Å². The van der Waals surface area contributed by atoms with E-state index in [2.05, 4.69) is 50.0 Å². The number of nitrogens with zero attached hydrogens (tertiary/aromatic N) is 3. The van der Waals surface area contributed by atoms with Crippen molar-refractivity contribution in [2.75, 3.05) is 26.2 Å². The van der Waals surface area contributed by atoms with Gasteiger partial charge < -0.3 is 4.90 Å². The molecule has 5 amide bonds. The molecule has 0 bridgehead atoms. The molecule has 10 heteroatoms. The lowest BCUT2D eigenvalue weighted by molar-refractivity contribution is -0.136. The van der Waals surface area contributed by atoms with Gasteiger partial charge in [0.1, 0.15) is 6.04 Å². The van der Waals surface area contributed by atoms with E-state index in [1.165, 1.54) is 28.8 Å². The molecule has 1 unspecified atom stereocenters. The maximum atomic E-state index is 13.8. The second-order valence-corrected chi connectivity index (χ2v) is 14.5. The third-order valence-electron chi connectivity index (χ3n) is 9.81. The normalized spacial score (nSPS) is 23.4. The van der Waals surface area contributed by atoms with Crippen LogP contribution in [0.15, 0.2) is 48.0 Å². The lowest BCUT2D eigenvalue weighted by Gasteiger charge is -2.48. The first-order valence-corrected chi connectivity index (χ1v) is 16.0. The molecule has 236 valence electrons. The zero-order valence-corrected chi connectivity index (χ0v) is 27.0. The summed E-state index contributed by atoms with van der Waals surface area (Å²) in [5.41, 5.74) is 4.56. The van der Waals surface area contributed by atoms with Gasteiger partial charge in [-0.25, -0.2) is 0 Å². The first kappa shape index (κ1) is 31.2. The number of piperazine rings is 1. The predicted molar refractivity (Wildman–Crippen MR) is 171 cm³/mol. The molecular formula is C35H39ClN4O5. The molecule has 2 saturated heterocycles. The Kier molecular flexibility index (Phi) is 7.98. The summed E-state index contributed by atoms with van der Waals surface area (Å²) >= 11 is 6.19. The number of piperidine rings is 1. The Morgan fingerprint density at radius 1 is 0.933 bits per heavy atom. The smallest absolute Gasteiger partial charge is 0.262 e. The van der Waals surface area contributed by atoms with Crippen molar-refractivity contribution in [2.24, 2.45) is 5.41 Å². The van der Waals surface area contributed by atoms with Crippen molar-refractivity contribution < 1.29 is 24.0 Å². The zero-order chi connectivity index (χ0) is 32.3. The Morgan fingerprint density at radius 3 is 2.33 bits per heavy atom. The van der Waals surface area contributed by atoms with Crippen LogP contribution in [0.2, 0.25) is 5.02 Å². The van der Waals surface area contributed by atoms with E-state index >= 15 is 0 Å². The largest absolute Gasteiger partial charge is 0.336 e. The van der Waals surface area contributed by atoms with E-state index in [4.69, 9.17) is 11.6 Å². The summed E-state index contributed by atoms with van der Waals surface area (Å²) in [5, 5.41) is 2.93. The van der Waals surface area contributed by atoms with Crippen molar-refractivity contribution in [2.45, 2.75) is 71.4 Å². The van der Waals surface area contributed by atoms with Crippen LogP contribution in [0, 0.1) is 5.41 Å². The molecule has 4 aliphatic rings. The molecule has 1 N–H and O–H groups in total. The molecule has 0 spiro atoms. The molecule has 9 nitrogen and oxygen atoms in total. The molecule has 2 aromatic carbocycles. The number of hydrogen-bond acceptors (Lipinski definition) is 6. The number of amides is 5. The first-order valence-electron chi connectivity index (χ1n) is 15.6. The van der Waals surface area contributed by atoms with Crippen molar-refractivity contribution in [3.05, 3.63) is 75.3 Å². The molecule has 3 heterocycles. The highest BCUT2D eigenvalue weighted by Crippen LogP contribution is 2.44. The van der Waals surface area contributed by atoms with Crippen molar-refractivity contribution >= 4 is 46.7 Å². The Labute approximate surface area is 268 Å². The summed E-state index contributed by atoms with van der Waals surface area (Å²) in [6.45, 7) is 11.5. The van der Waals surface area contributed by atoms with Gasteiger partial charge in [-0.15, -0.1) is 0 Å². The minimum absolute atomic E-state index is 0.0486. The van der Waals surface area contributed by atoms with Crippen molar-refractivity contribution in [1.82, 2.24) is 20.0 Å². The fraction of sp³-hybridized carbons (Fsp3) is 0.457. The standard InChI is InChI=1S/C35H39ClN4O5/c1-34(2)14-13-23(27(18-34)21-5-8-24(36)9-6-21)19-39-16-15-38(20-35(39,3)4)31(43)22-7-10-25-26(17-22)33(45)40(32(25)44)28-11-12-29(41)37-30(28)42/h5-10,17,28H,11-16,18-20H2,1-4H3,(H,37,41,42). The number of allylic oxidation sites excluding steroid dienone is 1. The Bertz CT molecular complexity index is 1640. The average molecular weight is 631 g/mol. The Morgan fingerprint density at radius 2 is 1.64 bits per heavy atom. The first-order chi connectivity index (χ1) is 21.2. The molecular weight excluding hydrogens is 592 g/mol. The molecule has 0 radical (unpaired) electrons. The van der Waals surface area contributed by atoms with Gasteiger partial charge in [-0.3, -0.25) is 39.1 Å². The zero-order valence-electron chi connectivity index (χ0n) is 26.2. The molecule has 3 aliphatic heterocycles. The summed E-state index contributed by atoms with van der Waals surface area (Å²) in [6.07, 6.45) is 3.28. The topological polar surface area (TPSA) is 107 Å². The van der Waals surface area contributed by atoms with Gasteiger partial charge in [0, 0.05) is 48.7 Å². The van der Waals surface area contributed by atoms with Crippen LogP contribution in [0.4, 0.5) is 0 Å². The second kappa shape index (κ2) is 11.5. The summed E-state index contributed by atoms with van der Waals surface area (Å²) < 4.78 is 0. The summed E-state index contributed by atoms with van der Waals surface area (Å²) in [6, 6.07) is 11.6. The third kappa shape index (κ3) is 5.95. The predicted octanol–water partition coefficient (Wildman–Crippen LogP) is 4.94. The van der Waals surface area contributed by atoms with E-state index in [9.17, 15) is 24.0 Å². The average Bonchev–Trinajstić information content (AvgIpc) is 3.23. The maximum absolute atomic E-state index is 13.8. The maximum Gasteiger partial charge on any atom is 0.262 e. The SMILES string of the molecule is CC1(C)CCC(CN2CCN(C(=O)c3ccc4c(c3)C(=O)N(C3CCC(=O)NC3=O)C4=O)CC2(C)C)=C(c2ccc(Cl)cc2)C1. The Balaban J connectivity index is 1.18. The van der Waals surface area contributed by atoms with Gasteiger partial charge in [0.15, 0.2) is 0 Å². The highest BCUT2D eigenvalue weighted by atomic mass is 35.5. The second-order valence-electron chi connectivity index (χ2n) is 14.1. The number of fused-ring (bicyclic) bond motifs is 1. The van der Waals surface area contributed by atoms with Crippen LogP contribution >= 0.6 is 11.6 Å². The van der Waals surface area contributed by atoms with Crippen molar-refractivity contribution in [1.29, 1.82) is 0 Å². The van der Waals surface area contributed by atoms with Gasteiger partial charge in [-0.2, -0.15) is 0 Å². The number of rotatable bonds is 5. The van der Waals surface area contributed by atoms with Crippen LogP contribution in [0.25, 0.3) is 5.57 Å². The number of carbonyl (C=O) groups excluding carboxylic acids is 5. The summed E-state index contributed by atoms with van der Waals surface area (Å²) in [7, 11) is 0. The molecule has 2 aromatic rings. The van der Waals surface area contributed by atoms with Crippen molar-refractivity contribution in [3.8, 4) is 0 Å². The highest BCUT2D eigenvalue weighted by Gasteiger charge is 2.45. The molecule has 0 saturated carbocycles. The highest BCUT2D eigenvalue weighted by molar-refractivity contribution is 6.30. The molecule has 1 aliphatic carbocycles. The van der Waals surface area contributed by atoms with Gasteiger partial charge in [0.25, 0.3) is 17.7 Å². The number of imide groups is 2. The third-order valence-corrected chi connectivity index (χ3v) is 10.1. The van der Waals surface area contributed by atoms with E-state index in [1.54, 1.807) is 6.07 Å². The minimum atomic E-state index is -1.05. The van der Waals surface area contributed by atoms with Gasteiger partial charge in [-0.05, 0) is 86.4 Å². The fourth-order valence-corrected chi connectivity index (χ4v) is 7.26. The van der Waals surface area contributed by atoms with E-state index in [0.29, 0.717) is 25.2 Å². The number of hydrogen-bond donors (Lipinski definition) is 1. The van der Waals surface area contributed by atoms with Crippen LogP contribution in [-0.4, -0.2) is 82.0 Å². The number of benzene rings is 2. The van der Waals surface area contributed by atoms with E-state index in [1.807, 2.05) is 17.0 Å². The lowest BCUT2D eigenvalue weighted by atomic mass is 9.72. The van der Waals surface area contributed by atoms with Crippen LogP contribution < -0.4 is 5.32 Å². The lowest BCUT2D eigenvalue weighted by Crippen LogP contribution is -2.60. The molecule has 6 rings (SSSR count). The quantitative estimate of drug-likeness (QED) is 0.469. The van der Waals surface area contributed by atoms with Gasteiger partial charge in [0.2, 0.25) is 11.8 Å². The van der Waals surface area contributed by atoms with Gasteiger partial charge in [0.05, 0.1) is 11.1 Å². The Hall–Kier alpha value is -3.82. The van der Waals surface area contributed by atoms with Crippen LogP contribution in [0.1, 0.15) is 96.4 Å². The number of carbonyl (C=O) groups is 5. The fourth-order valence-electron chi connectivity index (χ4n) is 7.14. The molecule has 1 atom stereocenters. The molecule has 2 fully saturated rings.